The van der Waals surface area contributed by atoms with E-state index in [2.05, 4.69) is 17.0 Å². The lowest BCUT2D eigenvalue weighted by atomic mass is 10.2. The van der Waals surface area contributed by atoms with E-state index >= 15 is 0 Å². The number of carbonyl (C=O) groups is 1. The van der Waals surface area contributed by atoms with Crippen molar-refractivity contribution in [2.45, 2.75) is 33.2 Å². The van der Waals surface area contributed by atoms with Gasteiger partial charge in [0.2, 0.25) is 0 Å². The van der Waals surface area contributed by atoms with E-state index in [0.717, 1.165) is 18.8 Å². The minimum absolute atomic E-state index is 0.0675. The summed E-state index contributed by atoms with van der Waals surface area (Å²) in [7, 11) is 0. The summed E-state index contributed by atoms with van der Waals surface area (Å²) in [6.07, 6.45) is 6.13. The maximum Gasteiger partial charge on any atom is 0.162 e. The van der Waals surface area contributed by atoms with Gasteiger partial charge in [-0.3, -0.25) is 4.79 Å². The first-order valence-electron chi connectivity index (χ1n) is 4.80. The lowest BCUT2D eigenvalue weighted by molar-refractivity contribution is -0.114. The Morgan fingerprint density at radius 3 is 3.07 bits per heavy atom. The number of hydrogen-bond donors (Lipinski definition) is 0. The number of aromatic nitrogens is 3. The molecule has 4 nitrogen and oxygen atoms in total. The Hall–Kier alpha value is -1.45. The van der Waals surface area contributed by atoms with Crippen LogP contribution in [0.2, 0.25) is 0 Å². The summed E-state index contributed by atoms with van der Waals surface area (Å²) in [6.45, 7) is 4.71. The number of ketones is 1. The monoisotopic (exact) mass is 193 g/mol. The normalized spacial score (nSPS) is 11.0. The number of rotatable bonds is 5. The predicted octanol–water partition coefficient (Wildman–Crippen LogP) is 1.38. The van der Waals surface area contributed by atoms with Crippen LogP contribution >= 0.6 is 0 Å². The van der Waals surface area contributed by atoms with Gasteiger partial charge in [-0.05, 0) is 19.4 Å². The van der Waals surface area contributed by atoms with Gasteiger partial charge in [0.1, 0.15) is 12.2 Å². The van der Waals surface area contributed by atoms with Crippen LogP contribution in [0.1, 0.15) is 26.1 Å². The lowest BCUT2D eigenvalue weighted by Crippen LogP contribution is -2.09. The van der Waals surface area contributed by atoms with Crippen molar-refractivity contribution in [1.82, 2.24) is 14.8 Å². The Labute approximate surface area is 83.6 Å². The molecule has 0 bridgehead atoms. The molecule has 0 atom stereocenters. The molecule has 0 saturated carbocycles. The summed E-state index contributed by atoms with van der Waals surface area (Å²) in [5, 5.41) is 4.05. The highest BCUT2D eigenvalue weighted by molar-refractivity contribution is 5.90. The molecule has 0 saturated heterocycles. The highest BCUT2D eigenvalue weighted by Crippen LogP contribution is 1.98. The van der Waals surface area contributed by atoms with Crippen LogP contribution in [0.15, 0.2) is 18.5 Å². The van der Waals surface area contributed by atoms with Gasteiger partial charge in [0, 0.05) is 6.54 Å². The van der Waals surface area contributed by atoms with E-state index in [9.17, 15) is 4.79 Å². The van der Waals surface area contributed by atoms with Crippen LogP contribution in [0, 0.1) is 0 Å². The fraction of sp³-hybridized carbons (Fsp3) is 0.500. The minimum Gasteiger partial charge on any atom is -0.294 e. The standard InChI is InChI=1S/C10H15N3O/c1-3-5-9(14)7-10-11-8-12-13(10)6-4-2/h3,5,8H,4,6-7H2,1-2H3/b5-3+. The summed E-state index contributed by atoms with van der Waals surface area (Å²) in [5.74, 6) is 0.813. The van der Waals surface area contributed by atoms with Gasteiger partial charge < -0.3 is 0 Å². The van der Waals surface area contributed by atoms with E-state index in [1.807, 2.05) is 6.92 Å². The van der Waals surface area contributed by atoms with Crippen LogP contribution < -0.4 is 0 Å². The van der Waals surface area contributed by atoms with Crippen molar-refractivity contribution < 1.29 is 4.79 Å². The van der Waals surface area contributed by atoms with Crippen LogP contribution in [0.3, 0.4) is 0 Å². The molecule has 0 radical (unpaired) electrons. The predicted molar refractivity (Wildman–Crippen MR) is 53.8 cm³/mol. The molecule has 76 valence electrons. The van der Waals surface area contributed by atoms with Gasteiger partial charge in [-0.1, -0.05) is 13.0 Å². The van der Waals surface area contributed by atoms with E-state index in [-0.39, 0.29) is 5.78 Å². The highest BCUT2D eigenvalue weighted by atomic mass is 16.1. The molecule has 0 amide bonds. The zero-order chi connectivity index (χ0) is 10.4. The van der Waals surface area contributed by atoms with Crippen molar-refractivity contribution in [1.29, 1.82) is 0 Å². The molecular formula is C10H15N3O. The van der Waals surface area contributed by atoms with Gasteiger partial charge in [-0.25, -0.2) is 9.67 Å². The minimum atomic E-state index is 0.0675. The Morgan fingerprint density at radius 1 is 1.64 bits per heavy atom. The molecule has 0 spiro atoms. The fourth-order valence-electron chi connectivity index (χ4n) is 1.22. The van der Waals surface area contributed by atoms with Crippen molar-refractivity contribution in [2.24, 2.45) is 0 Å². The van der Waals surface area contributed by atoms with E-state index < -0.39 is 0 Å². The summed E-state index contributed by atoms with van der Waals surface area (Å²) < 4.78 is 1.78. The molecule has 0 aromatic carbocycles. The van der Waals surface area contributed by atoms with Gasteiger partial charge in [-0.2, -0.15) is 5.10 Å². The van der Waals surface area contributed by atoms with Crippen molar-refractivity contribution in [3.05, 3.63) is 24.3 Å². The Morgan fingerprint density at radius 2 is 2.43 bits per heavy atom. The lowest BCUT2D eigenvalue weighted by Gasteiger charge is -2.01. The molecule has 1 aromatic rings. The third-order valence-electron chi connectivity index (χ3n) is 1.82. The molecule has 0 fully saturated rings. The van der Waals surface area contributed by atoms with E-state index in [1.165, 1.54) is 6.33 Å². The van der Waals surface area contributed by atoms with Crippen molar-refractivity contribution in [3.8, 4) is 0 Å². The Balaban J connectivity index is 2.66. The average molecular weight is 193 g/mol. The van der Waals surface area contributed by atoms with Gasteiger partial charge >= 0.3 is 0 Å². The van der Waals surface area contributed by atoms with E-state index in [0.29, 0.717) is 6.42 Å². The first-order valence-corrected chi connectivity index (χ1v) is 4.80. The number of carbonyl (C=O) groups excluding carboxylic acids is 1. The third kappa shape index (κ3) is 2.80. The molecule has 14 heavy (non-hydrogen) atoms. The van der Waals surface area contributed by atoms with Gasteiger partial charge in [-0.15, -0.1) is 0 Å². The van der Waals surface area contributed by atoms with Crippen molar-refractivity contribution in [2.75, 3.05) is 0 Å². The van der Waals surface area contributed by atoms with Crippen LogP contribution in [0.4, 0.5) is 0 Å². The molecule has 4 heteroatoms. The van der Waals surface area contributed by atoms with E-state index in [4.69, 9.17) is 0 Å². The molecule has 0 aliphatic rings. The Kier molecular flexibility index (Phi) is 4.04. The zero-order valence-electron chi connectivity index (χ0n) is 8.60. The topological polar surface area (TPSA) is 47.8 Å². The largest absolute Gasteiger partial charge is 0.294 e. The molecule has 0 aliphatic heterocycles. The molecule has 1 heterocycles. The maximum atomic E-state index is 11.3. The zero-order valence-corrected chi connectivity index (χ0v) is 8.60. The molecule has 0 N–H and O–H groups in total. The van der Waals surface area contributed by atoms with E-state index in [1.54, 1.807) is 16.8 Å². The van der Waals surface area contributed by atoms with Crippen molar-refractivity contribution in [3.63, 3.8) is 0 Å². The summed E-state index contributed by atoms with van der Waals surface area (Å²) in [5.41, 5.74) is 0. The third-order valence-corrected chi connectivity index (χ3v) is 1.82. The van der Waals surface area contributed by atoms with Crippen LogP contribution in [0.5, 0.6) is 0 Å². The maximum absolute atomic E-state index is 11.3. The number of hydrogen-bond acceptors (Lipinski definition) is 3. The first-order chi connectivity index (χ1) is 6.77. The van der Waals surface area contributed by atoms with Crippen LogP contribution in [0.25, 0.3) is 0 Å². The second-order valence-corrected chi connectivity index (χ2v) is 3.04. The Bertz CT molecular complexity index is 328. The smallest absolute Gasteiger partial charge is 0.162 e. The summed E-state index contributed by atoms with van der Waals surface area (Å²) in [4.78, 5) is 15.4. The van der Waals surface area contributed by atoms with Gasteiger partial charge in [0.05, 0.1) is 6.42 Å². The quantitative estimate of drug-likeness (QED) is 0.664. The summed E-state index contributed by atoms with van der Waals surface area (Å²) in [6, 6.07) is 0. The second kappa shape index (κ2) is 5.32. The molecule has 0 unspecified atom stereocenters. The van der Waals surface area contributed by atoms with Gasteiger partial charge in [0.15, 0.2) is 5.78 Å². The van der Waals surface area contributed by atoms with Crippen LogP contribution in [-0.2, 0) is 17.8 Å². The highest BCUT2D eigenvalue weighted by Gasteiger charge is 2.06. The molecule has 0 aliphatic carbocycles. The molecular weight excluding hydrogens is 178 g/mol. The fourth-order valence-corrected chi connectivity index (χ4v) is 1.22. The van der Waals surface area contributed by atoms with Gasteiger partial charge in [0.25, 0.3) is 0 Å². The first kappa shape index (κ1) is 10.6. The average Bonchev–Trinajstić information content (AvgIpc) is 2.54. The van der Waals surface area contributed by atoms with Crippen molar-refractivity contribution >= 4 is 5.78 Å². The number of nitrogens with zero attached hydrogens (tertiary/aromatic N) is 3. The van der Waals surface area contributed by atoms with Crippen LogP contribution in [-0.4, -0.2) is 20.5 Å². The molecule has 1 aromatic heterocycles. The number of aryl methyl sites for hydroxylation is 1. The SMILES string of the molecule is C/C=C/C(=O)Cc1ncnn1CCC. The molecule has 1 rings (SSSR count). The number of allylic oxidation sites excluding steroid dienone is 2. The second-order valence-electron chi connectivity index (χ2n) is 3.04. The summed E-state index contributed by atoms with van der Waals surface area (Å²) >= 11 is 0.